The number of anilines is 1. The monoisotopic (exact) mass is 431 g/mol. The Balaban J connectivity index is 1.61. The molecule has 1 fully saturated rings. The summed E-state index contributed by atoms with van der Waals surface area (Å²) in [6.07, 6.45) is 6.73. The van der Waals surface area contributed by atoms with Crippen LogP contribution in [0.25, 0.3) is 0 Å². The molecule has 0 radical (unpaired) electrons. The SMILES string of the molecule is CCC(C)(C#Cc1ccc2c(c1)CCN2C(C)=O)c1ccc(OC)c(OC2CCCC2)c1. The number of nitrogens with zero attached hydrogens (tertiary/aromatic N) is 1. The molecule has 1 aliphatic heterocycles. The van der Waals surface area contributed by atoms with Crippen LogP contribution in [-0.2, 0) is 16.6 Å². The number of fused-ring (bicyclic) bond motifs is 1. The van der Waals surface area contributed by atoms with Crippen LogP contribution in [0.5, 0.6) is 11.5 Å². The van der Waals surface area contributed by atoms with E-state index in [9.17, 15) is 4.79 Å². The molecule has 4 heteroatoms. The molecule has 0 aromatic heterocycles. The summed E-state index contributed by atoms with van der Waals surface area (Å²) in [6, 6.07) is 12.4. The van der Waals surface area contributed by atoms with Gasteiger partial charge in [-0.3, -0.25) is 4.79 Å². The number of amides is 1. The second kappa shape index (κ2) is 9.28. The minimum atomic E-state index is -0.301. The zero-order chi connectivity index (χ0) is 22.7. The smallest absolute Gasteiger partial charge is 0.223 e. The summed E-state index contributed by atoms with van der Waals surface area (Å²) in [7, 11) is 1.69. The third kappa shape index (κ3) is 4.48. The fourth-order valence-corrected chi connectivity index (χ4v) is 4.68. The van der Waals surface area contributed by atoms with Crippen LogP contribution in [0.3, 0.4) is 0 Å². The van der Waals surface area contributed by atoms with Crippen molar-refractivity contribution in [1.29, 1.82) is 0 Å². The number of ether oxygens (including phenoxy) is 2. The topological polar surface area (TPSA) is 38.8 Å². The Hall–Kier alpha value is -2.93. The van der Waals surface area contributed by atoms with E-state index in [4.69, 9.17) is 9.47 Å². The average molecular weight is 432 g/mol. The Kier molecular flexibility index (Phi) is 6.46. The summed E-state index contributed by atoms with van der Waals surface area (Å²) in [5, 5.41) is 0. The zero-order valence-corrected chi connectivity index (χ0v) is 19.7. The number of hydrogen-bond donors (Lipinski definition) is 0. The highest BCUT2D eigenvalue weighted by atomic mass is 16.5. The molecule has 0 bridgehead atoms. The number of benzene rings is 2. The minimum Gasteiger partial charge on any atom is -0.493 e. The van der Waals surface area contributed by atoms with Crippen LogP contribution >= 0.6 is 0 Å². The van der Waals surface area contributed by atoms with Crippen molar-refractivity contribution in [2.45, 2.75) is 70.8 Å². The number of rotatable bonds is 5. The van der Waals surface area contributed by atoms with Crippen LogP contribution in [0.2, 0.25) is 0 Å². The lowest BCUT2D eigenvalue weighted by Gasteiger charge is -2.25. The van der Waals surface area contributed by atoms with Gasteiger partial charge in [0.05, 0.1) is 18.6 Å². The van der Waals surface area contributed by atoms with Gasteiger partial charge in [0.25, 0.3) is 0 Å². The quantitative estimate of drug-likeness (QED) is 0.575. The minimum absolute atomic E-state index is 0.0938. The number of methoxy groups -OCH3 is 1. The Bertz CT molecular complexity index is 1060. The summed E-state index contributed by atoms with van der Waals surface area (Å²) >= 11 is 0. The molecule has 32 heavy (non-hydrogen) atoms. The van der Waals surface area contributed by atoms with Crippen molar-refractivity contribution in [1.82, 2.24) is 0 Å². The fraction of sp³-hybridized carbons (Fsp3) is 0.464. The molecule has 1 unspecified atom stereocenters. The van der Waals surface area contributed by atoms with Crippen molar-refractivity contribution in [3.63, 3.8) is 0 Å². The van der Waals surface area contributed by atoms with Crippen LogP contribution in [0, 0.1) is 11.8 Å². The van der Waals surface area contributed by atoms with Gasteiger partial charge in [-0.2, -0.15) is 0 Å². The highest BCUT2D eigenvalue weighted by Crippen LogP contribution is 2.37. The molecule has 0 saturated heterocycles. The standard InChI is InChI=1S/C28H33NO3/c1-5-28(3,16-14-21-10-12-25-22(18-21)15-17-29(25)20(2)30)23-11-13-26(31-4)27(19-23)32-24-8-6-7-9-24/h10-13,18-19,24H,5-9,15,17H2,1-4H3. The van der Waals surface area contributed by atoms with Gasteiger partial charge in [-0.15, -0.1) is 0 Å². The number of hydrogen-bond acceptors (Lipinski definition) is 3. The zero-order valence-electron chi connectivity index (χ0n) is 19.7. The normalized spacial score (nSPS) is 17.3. The van der Waals surface area contributed by atoms with E-state index in [0.717, 1.165) is 60.5 Å². The molecule has 0 N–H and O–H groups in total. The van der Waals surface area contributed by atoms with Crippen molar-refractivity contribution >= 4 is 11.6 Å². The van der Waals surface area contributed by atoms with Crippen LogP contribution < -0.4 is 14.4 Å². The molecule has 0 spiro atoms. The van der Waals surface area contributed by atoms with Gasteiger partial charge < -0.3 is 14.4 Å². The third-order valence-electron chi connectivity index (χ3n) is 6.94. The maximum absolute atomic E-state index is 11.8. The summed E-state index contributed by atoms with van der Waals surface area (Å²) in [5.74, 6) is 8.63. The van der Waals surface area contributed by atoms with Gasteiger partial charge in [0.15, 0.2) is 11.5 Å². The van der Waals surface area contributed by atoms with Crippen molar-refractivity contribution in [2.75, 3.05) is 18.6 Å². The highest BCUT2D eigenvalue weighted by Gasteiger charge is 2.26. The van der Waals surface area contributed by atoms with Crippen LogP contribution in [0.15, 0.2) is 36.4 Å². The first-order chi connectivity index (χ1) is 15.4. The average Bonchev–Trinajstić information content (AvgIpc) is 3.47. The van der Waals surface area contributed by atoms with E-state index in [1.807, 2.05) is 23.1 Å². The largest absolute Gasteiger partial charge is 0.493 e. The van der Waals surface area contributed by atoms with E-state index < -0.39 is 0 Å². The maximum atomic E-state index is 11.8. The molecule has 1 atom stereocenters. The highest BCUT2D eigenvalue weighted by molar-refractivity contribution is 5.93. The fourth-order valence-electron chi connectivity index (χ4n) is 4.68. The molecule has 168 valence electrons. The Labute approximate surface area is 191 Å². The van der Waals surface area contributed by atoms with Gasteiger partial charge in [-0.25, -0.2) is 0 Å². The number of carbonyl (C=O) groups excluding carboxylic acids is 1. The van der Waals surface area contributed by atoms with Crippen LogP contribution in [0.1, 0.15) is 69.6 Å². The first-order valence-electron chi connectivity index (χ1n) is 11.7. The third-order valence-corrected chi connectivity index (χ3v) is 6.94. The lowest BCUT2D eigenvalue weighted by Crippen LogP contribution is -2.25. The predicted molar refractivity (Wildman–Crippen MR) is 129 cm³/mol. The lowest BCUT2D eigenvalue weighted by molar-refractivity contribution is -0.116. The van der Waals surface area contributed by atoms with Crippen molar-refractivity contribution < 1.29 is 14.3 Å². The first-order valence-corrected chi connectivity index (χ1v) is 11.7. The number of carbonyl (C=O) groups is 1. The summed E-state index contributed by atoms with van der Waals surface area (Å²) in [6.45, 7) is 6.73. The second-order valence-corrected chi connectivity index (χ2v) is 9.09. The summed E-state index contributed by atoms with van der Waals surface area (Å²) < 4.78 is 11.9. The predicted octanol–water partition coefficient (Wildman–Crippen LogP) is 5.65. The van der Waals surface area contributed by atoms with E-state index >= 15 is 0 Å². The van der Waals surface area contributed by atoms with E-state index in [1.165, 1.54) is 18.4 Å². The van der Waals surface area contributed by atoms with Gasteiger partial charge >= 0.3 is 0 Å². The molecule has 4 nitrogen and oxygen atoms in total. The van der Waals surface area contributed by atoms with Crippen molar-refractivity contribution in [2.24, 2.45) is 0 Å². The Morgan fingerprint density at radius 2 is 1.94 bits per heavy atom. The summed E-state index contributed by atoms with van der Waals surface area (Å²) in [5.41, 5.74) is 4.05. The molecular weight excluding hydrogens is 398 g/mol. The van der Waals surface area contributed by atoms with Gasteiger partial charge in [0.1, 0.15) is 0 Å². The van der Waals surface area contributed by atoms with Crippen LogP contribution in [-0.4, -0.2) is 25.7 Å². The van der Waals surface area contributed by atoms with E-state index in [0.29, 0.717) is 0 Å². The lowest BCUT2D eigenvalue weighted by atomic mass is 9.80. The van der Waals surface area contributed by atoms with Gasteiger partial charge in [-0.05, 0) is 86.9 Å². The molecule has 4 rings (SSSR count). The Morgan fingerprint density at radius 1 is 1.16 bits per heavy atom. The molecule has 1 saturated carbocycles. The molecule has 1 heterocycles. The van der Waals surface area contributed by atoms with Crippen molar-refractivity contribution in [3.05, 3.63) is 53.1 Å². The van der Waals surface area contributed by atoms with Crippen LogP contribution in [0.4, 0.5) is 5.69 Å². The summed E-state index contributed by atoms with van der Waals surface area (Å²) in [4.78, 5) is 13.6. The van der Waals surface area contributed by atoms with Gasteiger partial charge in [0, 0.05) is 24.7 Å². The second-order valence-electron chi connectivity index (χ2n) is 9.09. The maximum Gasteiger partial charge on any atom is 0.223 e. The molecule has 2 aliphatic rings. The van der Waals surface area contributed by atoms with E-state index in [1.54, 1.807) is 14.0 Å². The van der Waals surface area contributed by atoms with Gasteiger partial charge in [-0.1, -0.05) is 24.8 Å². The molecule has 1 aliphatic carbocycles. The molecule has 2 aromatic carbocycles. The van der Waals surface area contributed by atoms with Crippen molar-refractivity contribution in [3.8, 4) is 23.3 Å². The van der Waals surface area contributed by atoms with E-state index in [2.05, 4.69) is 43.9 Å². The van der Waals surface area contributed by atoms with E-state index in [-0.39, 0.29) is 17.4 Å². The first kappa shape index (κ1) is 22.3. The molecular formula is C28H33NO3. The molecule has 1 amide bonds. The van der Waals surface area contributed by atoms with Gasteiger partial charge in [0.2, 0.25) is 5.91 Å². The molecule has 2 aromatic rings. The Morgan fingerprint density at radius 3 is 2.62 bits per heavy atom.